The lowest BCUT2D eigenvalue weighted by Gasteiger charge is -2.18. The largest absolute Gasteiger partial charge is 0.372 e. The van der Waals surface area contributed by atoms with E-state index in [-0.39, 0.29) is 5.60 Å². The fraction of sp³-hybridized carbons (Fsp3) is 0.714. The van der Waals surface area contributed by atoms with Crippen LogP contribution in [0.1, 0.15) is 54.4 Å². The Morgan fingerprint density at radius 3 is 2.13 bits per heavy atom. The Labute approximate surface area is 95.2 Å². The van der Waals surface area contributed by atoms with Gasteiger partial charge in [-0.3, -0.25) is 0 Å². The first kappa shape index (κ1) is 14.4. The van der Waals surface area contributed by atoms with E-state index >= 15 is 0 Å². The van der Waals surface area contributed by atoms with Gasteiger partial charge in [0.25, 0.3) is 0 Å². The Balaban J connectivity index is 3.75. The van der Waals surface area contributed by atoms with Crippen LogP contribution in [0, 0.1) is 0 Å². The molecule has 0 saturated carbocycles. The van der Waals surface area contributed by atoms with Gasteiger partial charge >= 0.3 is 0 Å². The molecule has 1 heteroatoms. The van der Waals surface area contributed by atoms with Gasteiger partial charge in [0.05, 0.1) is 12.2 Å². The summed E-state index contributed by atoms with van der Waals surface area (Å²) in [6.07, 6.45) is 6.74. The maximum atomic E-state index is 5.64. The molecule has 0 heterocycles. The number of ether oxygens (including phenoxy) is 1. The highest BCUT2D eigenvalue weighted by atomic mass is 16.5. The lowest BCUT2D eigenvalue weighted by molar-refractivity contribution is 0.0147. The summed E-state index contributed by atoms with van der Waals surface area (Å²) in [5.74, 6) is 0. The summed E-state index contributed by atoms with van der Waals surface area (Å²) in [4.78, 5) is 0. The molecule has 0 bridgehead atoms. The predicted molar refractivity (Wildman–Crippen MR) is 68.1 cm³/mol. The zero-order chi connectivity index (χ0) is 11.9. The number of allylic oxidation sites excluding steroid dienone is 3. The molecular weight excluding hydrogens is 184 g/mol. The molecule has 88 valence electrons. The normalized spacial score (nSPS) is 12.8. The van der Waals surface area contributed by atoms with Gasteiger partial charge in [-0.15, -0.1) is 0 Å². The van der Waals surface area contributed by atoms with Gasteiger partial charge < -0.3 is 4.74 Å². The fourth-order valence-electron chi connectivity index (χ4n) is 1.12. The molecule has 0 radical (unpaired) electrons. The van der Waals surface area contributed by atoms with Gasteiger partial charge in [0.2, 0.25) is 0 Å². The Bertz CT molecular complexity index is 224. The van der Waals surface area contributed by atoms with Crippen molar-refractivity contribution >= 4 is 0 Å². The molecule has 0 rings (SSSR count). The minimum Gasteiger partial charge on any atom is -0.372 e. The van der Waals surface area contributed by atoms with Gasteiger partial charge in [-0.05, 0) is 54.4 Å². The molecule has 0 aliphatic carbocycles. The van der Waals surface area contributed by atoms with Crippen LogP contribution in [-0.4, -0.2) is 12.2 Å². The monoisotopic (exact) mass is 210 g/mol. The van der Waals surface area contributed by atoms with Gasteiger partial charge in [-0.1, -0.05) is 23.3 Å². The molecule has 0 atom stereocenters. The second-order valence-corrected chi connectivity index (χ2v) is 5.29. The van der Waals surface area contributed by atoms with Gasteiger partial charge in [0.1, 0.15) is 0 Å². The van der Waals surface area contributed by atoms with Crippen molar-refractivity contribution in [1.82, 2.24) is 0 Å². The van der Waals surface area contributed by atoms with E-state index in [1.54, 1.807) is 0 Å². The minimum atomic E-state index is -0.0311. The molecule has 0 saturated heterocycles. The Morgan fingerprint density at radius 1 is 1.07 bits per heavy atom. The lowest BCUT2D eigenvalue weighted by Crippen LogP contribution is -2.19. The van der Waals surface area contributed by atoms with Crippen molar-refractivity contribution in [3.63, 3.8) is 0 Å². The van der Waals surface area contributed by atoms with Gasteiger partial charge in [-0.25, -0.2) is 0 Å². The first-order chi connectivity index (χ1) is 6.81. The van der Waals surface area contributed by atoms with Crippen molar-refractivity contribution in [2.45, 2.75) is 60.0 Å². The van der Waals surface area contributed by atoms with E-state index in [0.29, 0.717) is 0 Å². The van der Waals surface area contributed by atoms with Crippen LogP contribution in [0.5, 0.6) is 0 Å². The van der Waals surface area contributed by atoms with Crippen molar-refractivity contribution in [3.05, 3.63) is 23.3 Å². The van der Waals surface area contributed by atoms with Crippen LogP contribution in [0.4, 0.5) is 0 Å². The molecule has 0 aliphatic heterocycles. The molecule has 1 nitrogen and oxygen atoms in total. The highest BCUT2D eigenvalue weighted by molar-refractivity contribution is 5.02. The van der Waals surface area contributed by atoms with E-state index < -0.39 is 0 Å². The highest BCUT2D eigenvalue weighted by Crippen LogP contribution is 2.09. The molecule has 0 aliphatic rings. The Morgan fingerprint density at radius 2 is 1.67 bits per heavy atom. The summed E-state index contributed by atoms with van der Waals surface area (Å²) in [5, 5.41) is 0. The topological polar surface area (TPSA) is 9.23 Å². The van der Waals surface area contributed by atoms with Crippen LogP contribution in [0.2, 0.25) is 0 Å². The van der Waals surface area contributed by atoms with Crippen LogP contribution in [-0.2, 0) is 4.74 Å². The molecule has 0 spiro atoms. The van der Waals surface area contributed by atoms with Crippen molar-refractivity contribution in [2.75, 3.05) is 6.61 Å². The number of hydrogen-bond acceptors (Lipinski definition) is 1. The second-order valence-electron chi connectivity index (χ2n) is 5.29. The molecule has 0 fully saturated rings. The smallest absolute Gasteiger partial charge is 0.0657 e. The number of rotatable bonds is 5. The summed E-state index contributed by atoms with van der Waals surface area (Å²) < 4.78 is 5.64. The summed E-state index contributed by atoms with van der Waals surface area (Å²) in [5.41, 5.74) is 2.78. The van der Waals surface area contributed by atoms with Gasteiger partial charge in [0.15, 0.2) is 0 Å². The van der Waals surface area contributed by atoms with E-state index in [9.17, 15) is 0 Å². The summed E-state index contributed by atoms with van der Waals surface area (Å²) >= 11 is 0. The van der Waals surface area contributed by atoms with E-state index in [2.05, 4.69) is 53.7 Å². The van der Waals surface area contributed by atoms with Crippen molar-refractivity contribution in [2.24, 2.45) is 0 Å². The molecule has 0 N–H and O–H groups in total. The quantitative estimate of drug-likeness (QED) is 0.607. The standard InChI is InChI=1S/C14H26O/c1-12(2)8-7-9-13(3)10-11-15-14(4,5)6/h8,10H,7,9,11H2,1-6H3/b13-10-. The molecule has 0 amide bonds. The molecule has 0 unspecified atom stereocenters. The first-order valence-electron chi connectivity index (χ1n) is 5.74. The lowest BCUT2D eigenvalue weighted by atomic mass is 10.1. The molecular formula is C14H26O. The fourth-order valence-corrected chi connectivity index (χ4v) is 1.12. The van der Waals surface area contributed by atoms with Crippen molar-refractivity contribution in [1.29, 1.82) is 0 Å². The molecule has 15 heavy (non-hydrogen) atoms. The van der Waals surface area contributed by atoms with E-state index in [0.717, 1.165) is 19.4 Å². The highest BCUT2D eigenvalue weighted by Gasteiger charge is 2.07. The third-order valence-corrected chi connectivity index (χ3v) is 2.04. The average Bonchev–Trinajstić information content (AvgIpc) is 2.00. The third kappa shape index (κ3) is 11.4. The van der Waals surface area contributed by atoms with Crippen molar-refractivity contribution in [3.8, 4) is 0 Å². The zero-order valence-corrected chi connectivity index (χ0v) is 11.2. The minimum absolute atomic E-state index is 0.0311. The zero-order valence-electron chi connectivity index (χ0n) is 11.2. The van der Waals surface area contributed by atoms with Crippen LogP contribution in [0.3, 0.4) is 0 Å². The Kier molecular flexibility index (Phi) is 6.58. The SMILES string of the molecule is CC(C)=CCC/C(C)=C\COC(C)(C)C. The average molecular weight is 210 g/mol. The molecule has 0 aromatic carbocycles. The van der Waals surface area contributed by atoms with Crippen LogP contribution < -0.4 is 0 Å². The molecule has 0 aromatic heterocycles. The molecule has 0 aromatic rings. The predicted octanol–water partition coefficient (Wildman–Crippen LogP) is 4.49. The van der Waals surface area contributed by atoms with Crippen LogP contribution >= 0.6 is 0 Å². The van der Waals surface area contributed by atoms with Crippen LogP contribution in [0.25, 0.3) is 0 Å². The van der Waals surface area contributed by atoms with Gasteiger partial charge in [-0.2, -0.15) is 0 Å². The summed E-state index contributed by atoms with van der Waals surface area (Å²) in [6, 6.07) is 0. The number of hydrogen-bond donors (Lipinski definition) is 0. The van der Waals surface area contributed by atoms with Crippen molar-refractivity contribution < 1.29 is 4.74 Å². The second kappa shape index (κ2) is 6.84. The Hall–Kier alpha value is -0.560. The third-order valence-electron chi connectivity index (χ3n) is 2.04. The van der Waals surface area contributed by atoms with E-state index in [4.69, 9.17) is 4.74 Å². The first-order valence-corrected chi connectivity index (χ1v) is 5.74. The van der Waals surface area contributed by atoms with E-state index in [1.807, 2.05) is 0 Å². The van der Waals surface area contributed by atoms with Gasteiger partial charge in [0, 0.05) is 0 Å². The maximum absolute atomic E-state index is 5.64. The maximum Gasteiger partial charge on any atom is 0.0657 e. The summed E-state index contributed by atoms with van der Waals surface area (Å²) in [6.45, 7) is 13.4. The summed E-state index contributed by atoms with van der Waals surface area (Å²) in [7, 11) is 0. The van der Waals surface area contributed by atoms with Crippen LogP contribution in [0.15, 0.2) is 23.3 Å². The van der Waals surface area contributed by atoms with E-state index in [1.165, 1.54) is 11.1 Å².